The summed E-state index contributed by atoms with van der Waals surface area (Å²) in [6.07, 6.45) is 1.82. The summed E-state index contributed by atoms with van der Waals surface area (Å²) in [5, 5.41) is 4.92. The molecule has 13 rings (SSSR count). The maximum absolute atomic E-state index is 5.22. The molecule has 68 heavy (non-hydrogen) atoms. The van der Waals surface area contributed by atoms with Crippen LogP contribution in [0.4, 0.5) is 0 Å². The van der Waals surface area contributed by atoms with E-state index in [-0.39, 0.29) is 0 Å². The first kappa shape index (κ1) is 39.2. The van der Waals surface area contributed by atoms with E-state index in [1.165, 1.54) is 49.3 Å². The van der Waals surface area contributed by atoms with Crippen molar-refractivity contribution in [1.82, 2.24) is 24.1 Å². The number of nitrogens with zero attached hydrogens (tertiary/aromatic N) is 5. The van der Waals surface area contributed by atoms with Gasteiger partial charge in [-0.2, -0.15) is 0 Å². The summed E-state index contributed by atoms with van der Waals surface area (Å²) >= 11 is 0. The minimum Gasteiger partial charge on any atom is -0.309 e. The van der Waals surface area contributed by atoms with Crippen molar-refractivity contribution in [2.24, 2.45) is 0 Å². The Labute approximate surface area is 393 Å². The SMILES string of the molecule is c1ccc(-c2ccc(-c3cc(-c4ccc(-n5c6ccccc6c6cc(-c7ccc8c(c7)c7ccccc7n8-c7ccccc7)ccc65)cc4)nc(-c4ccc(-c5ccccn5)cc4)n3)cc2)cc1. The van der Waals surface area contributed by atoms with Gasteiger partial charge in [-0.25, -0.2) is 9.97 Å². The molecule has 0 aliphatic carbocycles. The molecule has 9 aromatic carbocycles. The van der Waals surface area contributed by atoms with Gasteiger partial charge >= 0.3 is 0 Å². The van der Waals surface area contributed by atoms with Crippen molar-refractivity contribution >= 4 is 43.6 Å². The Bertz CT molecular complexity index is 3870. The molecule has 318 valence electrons. The Morgan fingerprint density at radius 1 is 0.250 bits per heavy atom. The number of fused-ring (bicyclic) bond motifs is 6. The fourth-order valence-electron chi connectivity index (χ4n) is 9.88. The van der Waals surface area contributed by atoms with E-state index in [0.29, 0.717) is 5.82 Å². The van der Waals surface area contributed by atoms with Crippen LogP contribution < -0.4 is 0 Å². The molecule has 0 aliphatic rings. The highest BCUT2D eigenvalue weighted by Crippen LogP contribution is 2.39. The maximum Gasteiger partial charge on any atom is 0.160 e. The molecule has 0 saturated heterocycles. The van der Waals surface area contributed by atoms with E-state index in [1.807, 2.05) is 30.5 Å². The van der Waals surface area contributed by atoms with Crippen LogP contribution in [0.2, 0.25) is 0 Å². The van der Waals surface area contributed by atoms with Crippen molar-refractivity contribution in [3.63, 3.8) is 0 Å². The topological polar surface area (TPSA) is 48.5 Å². The van der Waals surface area contributed by atoms with Crippen molar-refractivity contribution < 1.29 is 0 Å². The van der Waals surface area contributed by atoms with Gasteiger partial charge in [-0.05, 0) is 101 Å². The molecule has 0 radical (unpaired) electrons. The molecular formula is C63H41N5. The summed E-state index contributed by atoms with van der Waals surface area (Å²) in [6, 6.07) is 86.2. The van der Waals surface area contributed by atoms with Gasteiger partial charge in [0.25, 0.3) is 0 Å². The predicted octanol–water partition coefficient (Wildman–Crippen LogP) is 16.1. The molecule has 0 amide bonds. The zero-order valence-electron chi connectivity index (χ0n) is 36.9. The zero-order chi connectivity index (χ0) is 45.0. The van der Waals surface area contributed by atoms with Gasteiger partial charge in [0.15, 0.2) is 5.82 Å². The van der Waals surface area contributed by atoms with Crippen molar-refractivity contribution in [3.05, 3.63) is 249 Å². The number of benzene rings is 9. The van der Waals surface area contributed by atoms with Gasteiger partial charge in [-0.3, -0.25) is 4.98 Å². The second-order valence-electron chi connectivity index (χ2n) is 17.2. The Hall–Kier alpha value is -9.19. The molecule has 5 heteroatoms. The van der Waals surface area contributed by atoms with Crippen molar-refractivity contribution in [2.75, 3.05) is 0 Å². The summed E-state index contributed by atoms with van der Waals surface area (Å²) in [4.78, 5) is 14.9. The van der Waals surface area contributed by atoms with Gasteiger partial charge in [0.1, 0.15) is 0 Å². The second kappa shape index (κ2) is 16.4. The van der Waals surface area contributed by atoms with Crippen molar-refractivity contribution in [1.29, 1.82) is 0 Å². The average Bonchev–Trinajstić information content (AvgIpc) is 3.94. The molecule has 0 spiro atoms. The van der Waals surface area contributed by atoms with Crippen LogP contribution in [0.1, 0.15) is 0 Å². The minimum absolute atomic E-state index is 0.667. The Morgan fingerprint density at radius 2 is 0.662 bits per heavy atom. The minimum atomic E-state index is 0.667. The summed E-state index contributed by atoms with van der Waals surface area (Å²) < 4.78 is 4.75. The van der Waals surface area contributed by atoms with Crippen LogP contribution in [0.3, 0.4) is 0 Å². The van der Waals surface area contributed by atoms with Gasteiger partial charge in [0, 0.05) is 61.4 Å². The van der Waals surface area contributed by atoms with E-state index in [2.05, 4.69) is 233 Å². The third-order valence-corrected chi connectivity index (χ3v) is 13.2. The van der Waals surface area contributed by atoms with E-state index < -0.39 is 0 Å². The number of aromatic nitrogens is 5. The van der Waals surface area contributed by atoms with Crippen LogP contribution in [-0.4, -0.2) is 24.1 Å². The largest absolute Gasteiger partial charge is 0.309 e. The van der Waals surface area contributed by atoms with Crippen LogP contribution in [0, 0.1) is 0 Å². The summed E-state index contributed by atoms with van der Waals surface area (Å²) in [5.41, 5.74) is 18.4. The van der Waals surface area contributed by atoms with E-state index in [1.54, 1.807) is 0 Å². The van der Waals surface area contributed by atoms with Crippen LogP contribution >= 0.6 is 0 Å². The molecular weight excluding hydrogens is 827 g/mol. The van der Waals surface area contributed by atoms with Crippen LogP contribution in [0.25, 0.3) is 122 Å². The lowest BCUT2D eigenvalue weighted by Crippen LogP contribution is -1.97. The molecule has 4 heterocycles. The Morgan fingerprint density at radius 3 is 1.22 bits per heavy atom. The third kappa shape index (κ3) is 6.84. The highest BCUT2D eigenvalue weighted by atomic mass is 15.0. The average molecular weight is 868 g/mol. The summed E-state index contributed by atoms with van der Waals surface area (Å²) in [7, 11) is 0. The number of hydrogen-bond donors (Lipinski definition) is 0. The molecule has 13 aromatic rings. The summed E-state index contributed by atoms with van der Waals surface area (Å²) in [6.45, 7) is 0. The molecule has 0 bridgehead atoms. The van der Waals surface area contributed by atoms with Crippen molar-refractivity contribution in [3.8, 4) is 78.8 Å². The third-order valence-electron chi connectivity index (χ3n) is 13.2. The number of rotatable bonds is 8. The van der Waals surface area contributed by atoms with Crippen LogP contribution in [0.15, 0.2) is 249 Å². The molecule has 0 saturated carbocycles. The first-order chi connectivity index (χ1) is 33.7. The van der Waals surface area contributed by atoms with Gasteiger partial charge in [0.05, 0.1) is 39.1 Å². The fraction of sp³-hybridized carbons (Fsp3) is 0. The number of hydrogen-bond acceptors (Lipinski definition) is 3. The monoisotopic (exact) mass is 867 g/mol. The molecule has 0 N–H and O–H groups in total. The quantitative estimate of drug-likeness (QED) is 0.153. The van der Waals surface area contributed by atoms with Crippen molar-refractivity contribution in [2.45, 2.75) is 0 Å². The lowest BCUT2D eigenvalue weighted by atomic mass is 10.0. The van der Waals surface area contributed by atoms with E-state index in [0.717, 1.165) is 67.3 Å². The highest BCUT2D eigenvalue weighted by molar-refractivity contribution is 6.12. The van der Waals surface area contributed by atoms with Gasteiger partial charge in [-0.15, -0.1) is 0 Å². The van der Waals surface area contributed by atoms with Gasteiger partial charge < -0.3 is 9.13 Å². The van der Waals surface area contributed by atoms with Crippen LogP contribution in [0.5, 0.6) is 0 Å². The molecule has 0 atom stereocenters. The predicted molar refractivity (Wildman–Crippen MR) is 281 cm³/mol. The first-order valence-electron chi connectivity index (χ1n) is 23.0. The highest BCUT2D eigenvalue weighted by Gasteiger charge is 2.17. The van der Waals surface area contributed by atoms with Crippen LogP contribution in [-0.2, 0) is 0 Å². The maximum atomic E-state index is 5.22. The fourth-order valence-corrected chi connectivity index (χ4v) is 9.88. The van der Waals surface area contributed by atoms with E-state index in [9.17, 15) is 0 Å². The lowest BCUT2D eigenvalue weighted by Gasteiger charge is -2.12. The molecule has 5 nitrogen and oxygen atoms in total. The van der Waals surface area contributed by atoms with Gasteiger partial charge in [-0.1, -0.05) is 164 Å². The lowest BCUT2D eigenvalue weighted by molar-refractivity contribution is 1.17. The molecule has 0 aliphatic heterocycles. The Kier molecular flexibility index (Phi) is 9.43. The number of pyridine rings is 1. The Balaban J connectivity index is 0.881. The van der Waals surface area contributed by atoms with E-state index in [4.69, 9.17) is 9.97 Å². The zero-order valence-corrected chi connectivity index (χ0v) is 36.9. The molecule has 0 unspecified atom stereocenters. The van der Waals surface area contributed by atoms with Gasteiger partial charge in [0.2, 0.25) is 0 Å². The smallest absolute Gasteiger partial charge is 0.160 e. The standard InChI is InChI=1S/C63H41N5/c1-3-13-42(14-4-1)43-22-24-45(25-23-43)57-41-58(66-63(65-57)47-28-26-44(27-29-47)56-19-11-12-38-64-56)46-30-34-51(35-31-46)68-60-21-10-8-18-53(60)55-40-49(33-37-62(55)68)48-32-36-61-54(39-48)52-17-7-9-20-59(52)67(61)50-15-5-2-6-16-50/h1-41H. The molecule has 4 aromatic heterocycles. The van der Waals surface area contributed by atoms with E-state index >= 15 is 0 Å². The molecule has 0 fully saturated rings. The summed E-state index contributed by atoms with van der Waals surface area (Å²) in [5.74, 6) is 0.667. The normalized spacial score (nSPS) is 11.5. The first-order valence-corrected chi connectivity index (χ1v) is 23.0. The number of para-hydroxylation sites is 3. The second-order valence-corrected chi connectivity index (χ2v) is 17.2.